The lowest BCUT2D eigenvalue weighted by atomic mass is 10.2. The summed E-state index contributed by atoms with van der Waals surface area (Å²) in [4.78, 5) is 13.8. The topological polar surface area (TPSA) is 93.5 Å². The average Bonchev–Trinajstić information content (AvgIpc) is 3.40. The van der Waals surface area contributed by atoms with Gasteiger partial charge in [-0.3, -0.25) is 9.40 Å². The number of nitrogens with one attached hydrogen (secondary N) is 1. The van der Waals surface area contributed by atoms with E-state index in [1.54, 1.807) is 18.3 Å². The predicted octanol–water partition coefficient (Wildman–Crippen LogP) is 3.21. The van der Waals surface area contributed by atoms with Gasteiger partial charge in [-0.25, -0.2) is 13.2 Å². The summed E-state index contributed by atoms with van der Waals surface area (Å²) in [7, 11) is -3.65. The van der Waals surface area contributed by atoms with Crippen LogP contribution in [0.1, 0.15) is 18.9 Å². The van der Waals surface area contributed by atoms with E-state index in [0.29, 0.717) is 25.2 Å². The van der Waals surface area contributed by atoms with Crippen LogP contribution < -0.4 is 4.72 Å². The zero-order valence-corrected chi connectivity index (χ0v) is 17.5. The van der Waals surface area contributed by atoms with Gasteiger partial charge in [-0.1, -0.05) is 30.3 Å². The van der Waals surface area contributed by atoms with Crippen molar-refractivity contribution in [3.8, 4) is 0 Å². The van der Waals surface area contributed by atoms with E-state index in [-0.39, 0.29) is 13.2 Å². The molecule has 1 saturated heterocycles. The second-order valence-corrected chi connectivity index (χ2v) is 9.24. The number of hydrogen-bond donors (Lipinski definition) is 1. The molecule has 0 spiro atoms. The Kier molecular flexibility index (Phi) is 5.63. The molecule has 0 bridgehead atoms. The molecule has 9 heteroatoms. The van der Waals surface area contributed by atoms with E-state index in [1.807, 2.05) is 48.0 Å². The summed E-state index contributed by atoms with van der Waals surface area (Å²) in [5.74, 6) is 0. The zero-order chi connectivity index (χ0) is 21.1. The van der Waals surface area contributed by atoms with Crippen molar-refractivity contribution in [1.29, 1.82) is 0 Å². The van der Waals surface area contributed by atoms with Gasteiger partial charge in [0, 0.05) is 25.0 Å². The Morgan fingerprint density at radius 2 is 2.03 bits per heavy atom. The Hall–Kier alpha value is -3.07. The highest BCUT2D eigenvalue weighted by Crippen LogP contribution is 2.24. The number of likely N-dealkylation sites (tertiary alicyclic amines) is 1. The van der Waals surface area contributed by atoms with Crippen molar-refractivity contribution >= 4 is 32.7 Å². The molecule has 0 saturated carbocycles. The van der Waals surface area contributed by atoms with Crippen molar-refractivity contribution in [2.45, 2.75) is 31.7 Å². The van der Waals surface area contributed by atoms with Crippen molar-refractivity contribution in [2.75, 3.05) is 17.8 Å². The van der Waals surface area contributed by atoms with Crippen LogP contribution in [0.25, 0.3) is 10.9 Å². The van der Waals surface area contributed by atoms with Crippen molar-refractivity contribution in [3.05, 3.63) is 60.3 Å². The first-order chi connectivity index (χ1) is 14.5. The highest BCUT2D eigenvalue weighted by molar-refractivity contribution is 7.93. The van der Waals surface area contributed by atoms with Gasteiger partial charge in [0.15, 0.2) is 0 Å². The maximum absolute atomic E-state index is 12.9. The fraction of sp³-hybridized carbons (Fsp3) is 0.333. The number of aryl methyl sites for hydroxylation is 1. The monoisotopic (exact) mass is 428 g/mol. The fourth-order valence-electron chi connectivity index (χ4n) is 3.59. The van der Waals surface area contributed by atoms with E-state index in [0.717, 1.165) is 16.5 Å². The van der Waals surface area contributed by atoms with Gasteiger partial charge in [0.25, 0.3) is 0 Å². The summed E-state index contributed by atoms with van der Waals surface area (Å²) in [6, 6.07) is 14.7. The molecule has 1 atom stereocenters. The third kappa shape index (κ3) is 4.25. The SMILES string of the molecule is CCn1ncc2ccc(NS(=O)(=O)[C@H]3CCN(C(=O)OCc4ccccc4)C3)cc21. The largest absolute Gasteiger partial charge is 0.445 e. The van der Waals surface area contributed by atoms with Crippen LogP contribution in [0.15, 0.2) is 54.7 Å². The van der Waals surface area contributed by atoms with Gasteiger partial charge < -0.3 is 9.64 Å². The van der Waals surface area contributed by atoms with Crippen LogP contribution in [0.5, 0.6) is 0 Å². The molecule has 1 fully saturated rings. The first kappa shape index (κ1) is 20.2. The first-order valence-electron chi connectivity index (χ1n) is 9.89. The Bertz CT molecular complexity index is 1140. The van der Waals surface area contributed by atoms with Crippen molar-refractivity contribution in [3.63, 3.8) is 0 Å². The van der Waals surface area contributed by atoms with E-state index in [9.17, 15) is 13.2 Å². The Morgan fingerprint density at radius 3 is 2.80 bits per heavy atom. The molecule has 2 heterocycles. The maximum atomic E-state index is 12.9. The molecule has 1 aliphatic rings. The van der Waals surface area contributed by atoms with Crippen LogP contribution >= 0.6 is 0 Å². The number of ether oxygens (including phenoxy) is 1. The Balaban J connectivity index is 1.38. The fourth-order valence-corrected chi connectivity index (χ4v) is 5.01. The molecular formula is C21H24N4O4S. The molecule has 3 aromatic rings. The quantitative estimate of drug-likeness (QED) is 0.651. The Morgan fingerprint density at radius 1 is 1.23 bits per heavy atom. The van der Waals surface area contributed by atoms with Crippen molar-refractivity contribution in [2.24, 2.45) is 0 Å². The predicted molar refractivity (Wildman–Crippen MR) is 115 cm³/mol. The second-order valence-electron chi connectivity index (χ2n) is 7.28. The standard InChI is InChI=1S/C21H24N4O4S/c1-2-25-20-12-18(9-8-17(20)13-22-25)23-30(27,28)19-10-11-24(14-19)21(26)29-15-16-6-4-3-5-7-16/h3-9,12-13,19,23H,2,10-11,14-15H2,1H3/t19-/m0/s1. The molecule has 1 amide bonds. The molecular weight excluding hydrogens is 404 g/mol. The number of hydrogen-bond acceptors (Lipinski definition) is 5. The minimum Gasteiger partial charge on any atom is -0.445 e. The van der Waals surface area contributed by atoms with Crippen molar-refractivity contribution in [1.82, 2.24) is 14.7 Å². The van der Waals surface area contributed by atoms with Gasteiger partial charge in [-0.05, 0) is 37.1 Å². The van der Waals surface area contributed by atoms with Gasteiger partial charge >= 0.3 is 6.09 Å². The zero-order valence-electron chi connectivity index (χ0n) is 16.7. The number of carbonyl (C=O) groups excluding carboxylic acids is 1. The summed E-state index contributed by atoms with van der Waals surface area (Å²) in [6.07, 6.45) is 1.63. The van der Waals surface area contributed by atoms with Gasteiger partial charge in [0.05, 0.1) is 22.7 Å². The normalized spacial score (nSPS) is 16.7. The molecule has 1 N–H and O–H groups in total. The minimum absolute atomic E-state index is 0.109. The molecule has 0 radical (unpaired) electrons. The van der Waals surface area contributed by atoms with Gasteiger partial charge in [-0.2, -0.15) is 5.10 Å². The number of nitrogens with zero attached hydrogens (tertiary/aromatic N) is 3. The highest BCUT2D eigenvalue weighted by atomic mass is 32.2. The Labute approximate surface area is 175 Å². The molecule has 30 heavy (non-hydrogen) atoms. The molecule has 0 aliphatic carbocycles. The van der Waals surface area contributed by atoms with E-state index in [4.69, 9.17) is 4.74 Å². The molecule has 1 aromatic heterocycles. The van der Waals surface area contributed by atoms with E-state index in [2.05, 4.69) is 9.82 Å². The summed E-state index contributed by atoms with van der Waals surface area (Å²) in [6.45, 7) is 3.30. The first-order valence-corrected chi connectivity index (χ1v) is 11.4. The summed E-state index contributed by atoms with van der Waals surface area (Å²) in [5.41, 5.74) is 2.25. The van der Waals surface area contributed by atoms with Crippen LogP contribution in [-0.2, 0) is 27.9 Å². The van der Waals surface area contributed by atoms with Crippen molar-refractivity contribution < 1.29 is 17.9 Å². The lowest BCUT2D eigenvalue weighted by Crippen LogP contribution is -2.34. The van der Waals surface area contributed by atoms with E-state index in [1.165, 1.54) is 4.90 Å². The molecule has 2 aromatic carbocycles. The van der Waals surface area contributed by atoms with Crippen LogP contribution in [0.3, 0.4) is 0 Å². The number of anilines is 1. The maximum Gasteiger partial charge on any atom is 0.410 e. The van der Waals surface area contributed by atoms with Gasteiger partial charge in [-0.15, -0.1) is 0 Å². The van der Waals surface area contributed by atoms with Gasteiger partial charge in [0.2, 0.25) is 10.0 Å². The number of rotatable bonds is 6. The van der Waals surface area contributed by atoms with E-state index < -0.39 is 21.4 Å². The smallest absolute Gasteiger partial charge is 0.410 e. The lowest BCUT2D eigenvalue weighted by molar-refractivity contribution is 0.104. The highest BCUT2D eigenvalue weighted by Gasteiger charge is 2.36. The molecule has 158 valence electrons. The molecule has 1 aliphatic heterocycles. The van der Waals surface area contributed by atoms with Crippen LogP contribution in [0.4, 0.5) is 10.5 Å². The molecule has 8 nitrogen and oxygen atoms in total. The van der Waals surface area contributed by atoms with Crippen LogP contribution in [-0.4, -0.2) is 47.5 Å². The summed E-state index contributed by atoms with van der Waals surface area (Å²) in [5, 5.41) is 4.54. The third-order valence-corrected chi connectivity index (χ3v) is 7.03. The third-order valence-electron chi connectivity index (χ3n) is 5.25. The molecule has 4 rings (SSSR count). The summed E-state index contributed by atoms with van der Waals surface area (Å²) < 4.78 is 35.5. The van der Waals surface area contributed by atoms with E-state index >= 15 is 0 Å². The molecule has 0 unspecified atom stereocenters. The number of fused-ring (bicyclic) bond motifs is 1. The lowest BCUT2D eigenvalue weighted by Gasteiger charge is -2.17. The number of amides is 1. The van der Waals surface area contributed by atoms with Crippen LogP contribution in [0, 0.1) is 0 Å². The van der Waals surface area contributed by atoms with Gasteiger partial charge in [0.1, 0.15) is 6.61 Å². The summed E-state index contributed by atoms with van der Waals surface area (Å²) >= 11 is 0. The number of sulfonamides is 1. The average molecular weight is 429 g/mol. The number of benzene rings is 2. The van der Waals surface area contributed by atoms with Crippen LogP contribution in [0.2, 0.25) is 0 Å². The minimum atomic E-state index is -3.65. The second kappa shape index (κ2) is 8.35. The number of aromatic nitrogens is 2. The number of carbonyl (C=O) groups is 1.